The third-order valence-corrected chi connectivity index (χ3v) is 4.82. The topological polar surface area (TPSA) is 21.3 Å². The molecule has 2 unspecified atom stereocenters. The fourth-order valence-electron chi connectivity index (χ4n) is 2.85. The molecular weight excluding hydrogens is 326 g/mol. The second kappa shape index (κ2) is 7.64. The second-order valence-electron chi connectivity index (χ2n) is 6.86. The quantitative estimate of drug-likeness (QED) is 0.781. The molecule has 1 aromatic rings. The molecule has 1 N–H and O–H groups in total. The Morgan fingerprint density at radius 1 is 1.14 bits per heavy atom. The molecule has 0 aliphatic carbocycles. The number of halogens is 1. The SMILES string of the molecule is CC(C)CNCC(C)C(C)Cc1cc(Br)cc2c1OCC2. The maximum atomic E-state index is 5.84. The van der Waals surface area contributed by atoms with Crippen LogP contribution < -0.4 is 10.1 Å². The maximum Gasteiger partial charge on any atom is 0.125 e. The molecule has 0 saturated heterocycles. The zero-order chi connectivity index (χ0) is 15.4. The van der Waals surface area contributed by atoms with Crippen molar-refractivity contribution in [2.45, 2.75) is 40.5 Å². The molecule has 1 aliphatic heterocycles. The summed E-state index contributed by atoms with van der Waals surface area (Å²) in [6.45, 7) is 12.2. The van der Waals surface area contributed by atoms with Gasteiger partial charge in [-0.15, -0.1) is 0 Å². The van der Waals surface area contributed by atoms with Crippen LogP contribution in [0.1, 0.15) is 38.8 Å². The van der Waals surface area contributed by atoms with Crippen molar-refractivity contribution < 1.29 is 4.74 Å². The van der Waals surface area contributed by atoms with Crippen molar-refractivity contribution in [3.8, 4) is 5.75 Å². The molecule has 2 atom stereocenters. The Morgan fingerprint density at radius 2 is 1.90 bits per heavy atom. The number of nitrogens with one attached hydrogen (secondary N) is 1. The van der Waals surface area contributed by atoms with E-state index in [0.29, 0.717) is 17.8 Å². The zero-order valence-corrected chi connectivity index (χ0v) is 15.3. The van der Waals surface area contributed by atoms with Gasteiger partial charge in [0.25, 0.3) is 0 Å². The minimum Gasteiger partial charge on any atom is -0.493 e. The number of hydrogen-bond donors (Lipinski definition) is 1. The molecule has 2 nitrogen and oxygen atoms in total. The minimum atomic E-state index is 0.646. The molecule has 1 aromatic carbocycles. The lowest BCUT2D eigenvalue weighted by Gasteiger charge is -2.22. The van der Waals surface area contributed by atoms with Crippen molar-refractivity contribution in [1.29, 1.82) is 0 Å². The molecule has 0 radical (unpaired) electrons. The number of ether oxygens (including phenoxy) is 1. The Hall–Kier alpha value is -0.540. The van der Waals surface area contributed by atoms with Gasteiger partial charge in [-0.2, -0.15) is 0 Å². The number of benzene rings is 1. The monoisotopic (exact) mass is 353 g/mol. The third-order valence-electron chi connectivity index (χ3n) is 4.36. The van der Waals surface area contributed by atoms with Gasteiger partial charge in [0.15, 0.2) is 0 Å². The van der Waals surface area contributed by atoms with Crippen LogP contribution in [0, 0.1) is 17.8 Å². The summed E-state index contributed by atoms with van der Waals surface area (Å²) in [6.07, 6.45) is 2.13. The number of fused-ring (bicyclic) bond motifs is 1. The average molecular weight is 354 g/mol. The van der Waals surface area contributed by atoms with Crippen LogP contribution in [0.2, 0.25) is 0 Å². The first-order valence-electron chi connectivity index (χ1n) is 8.12. The largest absolute Gasteiger partial charge is 0.493 e. The number of hydrogen-bond acceptors (Lipinski definition) is 2. The van der Waals surface area contributed by atoms with Crippen LogP contribution in [-0.4, -0.2) is 19.7 Å². The molecular formula is C18H28BrNO. The van der Waals surface area contributed by atoms with Gasteiger partial charge in [-0.05, 0) is 60.5 Å². The summed E-state index contributed by atoms with van der Waals surface area (Å²) in [6, 6.07) is 4.43. The lowest BCUT2D eigenvalue weighted by atomic mass is 9.88. The summed E-state index contributed by atoms with van der Waals surface area (Å²) >= 11 is 3.63. The Kier molecular flexibility index (Phi) is 6.12. The lowest BCUT2D eigenvalue weighted by Crippen LogP contribution is -2.28. The van der Waals surface area contributed by atoms with Crippen molar-refractivity contribution in [2.24, 2.45) is 17.8 Å². The molecule has 0 saturated carbocycles. The maximum absolute atomic E-state index is 5.84. The van der Waals surface area contributed by atoms with Crippen molar-refractivity contribution >= 4 is 15.9 Å². The molecule has 1 heterocycles. The summed E-state index contributed by atoms with van der Waals surface area (Å²) in [5.74, 6) is 3.17. The van der Waals surface area contributed by atoms with E-state index in [2.05, 4.69) is 61.1 Å². The van der Waals surface area contributed by atoms with Gasteiger partial charge in [0, 0.05) is 10.9 Å². The fourth-order valence-corrected chi connectivity index (χ4v) is 3.40. The van der Waals surface area contributed by atoms with Crippen molar-refractivity contribution in [3.05, 3.63) is 27.7 Å². The van der Waals surface area contributed by atoms with Gasteiger partial charge >= 0.3 is 0 Å². The van der Waals surface area contributed by atoms with E-state index in [4.69, 9.17) is 4.74 Å². The van der Waals surface area contributed by atoms with Crippen LogP contribution in [0.5, 0.6) is 5.75 Å². The van der Waals surface area contributed by atoms with Gasteiger partial charge in [-0.25, -0.2) is 0 Å². The molecule has 3 heteroatoms. The van der Waals surface area contributed by atoms with E-state index in [1.807, 2.05) is 0 Å². The molecule has 0 amide bonds. The predicted molar refractivity (Wildman–Crippen MR) is 93.1 cm³/mol. The zero-order valence-electron chi connectivity index (χ0n) is 13.7. The van der Waals surface area contributed by atoms with Crippen molar-refractivity contribution in [3.63, 3.8) is 0 Å². The first-order chi connectivity index (χ1) is 9.97. The summed E-state index contributed by atoms with van der Waals surface area (Å²) < 4.78 is 7.02. The third kappa shape index (κ3) is 4.72. The van der Waals surface area contributed by atoms with Gasteiger partial charge in [-0.3, -0.25) is 0 Å². The average Bonchev–Trinajstić information content (AvgIpc) is 2.86. The number of rotatable bonds is 7. The standard InChI is InChI=1S/C18H28BrNO/c1-12(2)10-20-11-14(4)13(3)7-16-9-17(19)8-15-5-6-21-18(15)16/h8-9,12-14,20H,5-7,10-11H2,1-4H3. The molecule has 0 bridgehead atoms. The van der Waals surface area contributed by atoms with E-state index in [-0.39, 0.29) is 0 Å². The molecule has 1 aliphatic rings. The molecule has 0 aromatic heterocycles. The highest BCUT2D eigenvalue weighted by molar-refractivity contribution is 9.10. The molecule has 0 fully saturated rings. The normalized spacial score (nSPS) is 16.7. The Labute approximate surface area is 137 Å². The van der Waals surface area contributed by atoms with Crippen LogP contribution in [0.3, 0.4) is 0 Å². The molecule has 21 heavy (non-hydrogen) atoms. The van der Waals surface area contributed by atoms with E-state index in [1.54, 1.807) is 0 Å². The highest BCUT2D eigenvalue weighted by Gasteiger charge is 2.20. The molecule has 2 rings (SSSR count). The summed E-state index contributed by atoms with van der Waals surface area (Å²) in [7, 11) is 0. The van der Waals surface area contributed by atoms with E-state index in [9.17, 15) is 0 Å². The van der Waals surface area contributed by atoms with Crippen molar-refractivity contribution in [2.75, 3.05) is 19.7 Å². The van der Waals surface area contributed by atoms with Gasteiger partial charge in [0.05, 0.1) is 6.61 Å². The van der Waals surface area contributed by atoms with Crippen LogP contribution in [-0.2, 0) is 12.8 Å². The van der Waals surface area contributed by atoms with E-state index in [1.165, 1.54) is 15.6 Å². The predicted octanol–water partition coefficient (Wildman–Crippen LogP) is 4.44. The molecule has 118 valence electrons. The van der Waals surface area contributed by atoms with Gasteiger partial charge in [0.2, 0.25) is 0 Å². The lowest BCUT2D eigenvalue weighted by molar-refractivity contribution is 0.336. The van der Waals surface area contributed by atoms with Crippen LogP contribution in [0.15, 0.2) is 16.6 Å². The van der Waals surface area contributed by atoms with Crippen LogP contribution in [0.4, 0.5) is 0 Å². The summed E-state index contributed by atoms with van der Waals surface area (Å²) in [5.41, 5.74) is 2.72. The Bertz CT molecular complexity index is 473. The summed E-state index contributed by atoms with van der Waals surface area (Å²) in [5, 5.41) is 3.57. The van der Waals surface area contributed by atoms with Crippen LogP contribution >= 0.6 is 15.9 Å². The Morgan fingerprint density at radius 3 is 2.62 bits per heavy atom. The first-order valence-corrected chi connectivity index (χ1v) is 8.91. The molecule has 0 spiro atoms. The van der Waals surface area contributed by atoms with E-state index < -0.39 is 0 Å². The Balaban J connectivity index is 1.95. The van der Waals surface area contributed by atoms with Gasteiger partial charge in [-0.1, -0.05) is 43.6 Å². The highest BCUT2D eigenvalue weighted by Crippen LogP contribution is 2.35. The van der Waals surface area contributed by atoms with E-state index >= 15 is 0 Å². The highest BCUT2D eigenvalue weighted by atomic mass is 79.9. The van der Waals surface area contributed by atoms with Crippen LogP contribution in [0.25, 0.3) is 0 Å². The first kappa shape index (κ1) is 16.8. The smallest absolute Gasteiger partial charge is 0.125 e. The van der Waals surface area contributed by atoms with Gasteiger partial charge in [0.1, 0.15) is 5.75 Å². The van der Waals surface area contributed by atoms with Crippen molar-refractivity contribution in [1.82, 2.24) is 5.32 Å². The van der Waals surface area contributed by atoms with E-state index in [0.717, 1.165) is 38.3 Å². The fraction of sp³-hybridized carbons (Fsp3) is 0.667. The summed E-state index contributed by atoms with van der Waals surface area (Å²) in [4.78, 5) is 0. The van der Waals surface area contributed by atoms with Gasteiger partial charge < -0.3 is 10.1 Å². The second-order valence-corrected chi connectivity index (χ2v) is 7.78. The minimum absolute atomic E-state index is 0.646.